The van der Waals surface area contributed by atoms with Crippen LogP contribution in [0.2, 0.25) is 0 Å². The molecule has 0 spiro atoms. The predicted molar refractivity (Wildman–Crippen MR) is 57.1 cm³/mol. The fourth-order valence-electron chi connectivity index (χ4n) is 1.31. The molecule has 0 bridgehead atoms. The molecule has 0 saturated carbocycles. The van der Waals surface area contributed by atoms with Gasteiger partial charge < -0.3 is 0 Å². The van der Waals surface area contributed by atoms with Gasteiger partial charge in [-0.1, -0.05) is 6.07 Å². The molecule has 0 aliphatic carbocycles. The Morgan fingerprint density at radius 1 is 1.64 bits per heavy atom. The summed E-state index contributed by atoms with van der Waals surface area (Å²) in [6, 6.07) is 4.19. The molecular weight excluding hydrogens is 174 g/mol. The summed E-state index contributed by atoms with van der Waals surface area (Å²) in [7, 11) is 0. The maximum atomic E-state index is 5.42. The number of rotatable bonds is 5. The molecule has 0 aliphatic heterocycles. The first-order valence-corrected chi connectivity index (χ1v) is 4.65. The molecule has 1 rings (SSSR count). The number of nitrogens with zero attached hydrogens (tertiary/aromatic N) is 1. The molecule has 1 aromatic rings. The molecule has 0 saturated heterocycles. The Hall–Kier alpha value is -1.37. The molecule has 1 unspecified atom stereocenters. The average molecular weight is 189 g/mol. The van der Waals surface area contributed by atoms with Crippen molar-refractivity contribution in [3.05, 3.63) is 30.1 Å². The summed E-state index contributed by atoms with van der Waals surface area (Å²) in [4.78, 5) is 4.04. The minimum atomic E-state index is 0.232. The van der Waals surface area contributed by atoms with E-state index < -0.39 is 0 Å². The summed E-state index contributed by atoms with van der Waals surface area (Å²) < 4.78 is 0. The fourth-order valence-corrected chi connectivity index (χ4v) is 1.31. The topological polar surface area (TPSA) is 50.9 Å². The quantitative estimate of drug-likeness (QED) is 0.410. The molecule has 1 aromatic heterocycles. The van der Waals surface area contributed by atoms with Gasteiger partial charge in [0.1, 0.15) is 0 Å². The van der Waals surface area contributed by atoms with Crippen molar-refractivity contribution in [1.29, 1.82) is 0 Å². The van der Waals surface area contributed by atoms with Crippen LogP contribution >= 0.6 is 0 Å². The number of pyridine rings is 1. The first-order valence-electron chi connectivity index (χ1n) is 4.65. The van der Waals surface area contributed by atoms with Gasteiger partial charge in [-0.2, -0.15) is 0 Å². The Labute approximate surface area is 84.7 Å². The zero-order chi connectivity index (χ0) is 10.2. The van der Waals surface area contributed by atoms with Crippen LogP contribution in [-0.2, 0) is 6.42 Å². The molecule has 1 atom stereocenters. The highest BCUT2D eigenvalue weighted by Crippen LogP contribution is 2.05. The van der Waals surface area contributed by atoms with Gasteiger partial charge in [0.2, 0.25) is 0 Å². The van der Waals surface area contributed by atoms with E-state index in [2.05, 4.69) is 16.3 Å². The number of hydrazine groups is 1. The molecule has 0 aliphatic rings. The Morgan fingerprint density at radius 2 is 2.50 bits per heavy atom. The van der Waals surface area contributed by atoms with Crippen LogP contribution in [0.5, 0.6) is 0 Å². The molecule has 0 radical (unpaired) electrons. The van der Waals surface area contributed by atoms with Crippen LogP contribution in [-0.4, -0.2) is 11.0 Å². The minimum Gasteiger partial charge on any atom is -0.271 e. The summed E-state index contributed by atoms with van der Waals surface area (Å²) in [5.74, 6) is 8.03. The predicted octanol–water partition coefficient (Wildman–Crippen LogP) is 0.869. The van der Waals surface area contributed by atoms with Gasteiger partial charge in [-0.3, -0.25) is 16.3 Å². The maximum absolute atomic E-state index is 5.42. The van der Waals surface area contributed by atoms with E-state index >= 15 is 0 Å². The molecular formula is C11H15N3. The number of hydrogen-bond donors (Lipinski definition) is 2. The van der Waals surface area contributed by atoms with E-state index in [0.29, 0.717) is 0 Å². The van der Waals surface area contributed by atoms with Gasteiger partial charge in [0.25, 0.3) is 0 Å². The van der Waals surface area contributed by atoms with E-state index in [1.54, 1.807) is 6.20 Å². The van der Waals surface area contributed by atoms with Crippen molar-refractivity contribution >= 4 is 0 Å². The summed E-state index contributed by atoms with van der Waals surface area (Å²) in [6.07, 6.45) is 11.3. The van der Waals surface area contributed by atoms with E-state index in [1.807, 2.05) is 18.3 Å². The summed E-state index contributed by atoms with van der Waals surface area (Å²) >= 11 is 0. The average Bonchev–Trinajstić information content (AvgIpc) is 2.25. The zero-order valence-electron chi connectivity index (χ0n) is 8.11. The first-order chi connectivity index (χ1) is 6.86. The Morgan fingerprint density at radius 3 is 3.07 bits per heavy atom. The van der Waals surface area contributed by atoms with Gasteiger partial charge in [-0.15, -0.1) is 12.3 Å². The Bertz CT molecular complexity index is 289. The Kier molecular flexibility index (Phi) is 4.70. The summed E-state index contributed by atoms with van der Waals surface area (Å²) in [6.45, 7) is 0. The van der Waals surface area contributed by atoms with E-state index in [1.165, 1.54) is 5.56 Å². The zero-order valence-corrected chi connectivity index (χ0v) is 8.11. The normalized spacial score (nSPS) is 12.0. The van der Waals surface area contributed by atoms with Crippen LogP contribution in [0.1, 0.15) is 18.4 Å². The van der Waals surface area contributed by atoms with Gasteiger partial charge in [-0.05, 0) is 24.5 Å². The third kappa shape index (κ3) is 3.56. The number of terminal acetylenes is 1. The standard InChI is InChI=1S/C11H15N3/c1-2-3-6-11(14-12)8-10-5-4-7-13-9-10/h1,4-5,7,9,11,14H,3,6,8,12H2. The number of aromatic nitrogens is 1. The smallest absolute Gasteiger partial charge is 0.0300 e. The lowest BCUT2D eigenvalue weighted by Crippen LogP contribution is -2.36. The van der Waals surface area contributed by atoms with Crippen LogP contribution < -0.4 is 11.3 Å². The molecule has 3 heteroatoms. The summed E-state index contributed by atoms with van der Waals surface area (Å²) in [5.41, 5.74) is 3.94. The van der Waals surface area contributed by atoms with Crippen molar-refractivity contribution in [3.8, 4) is 12.3 Å². The molecule has 0 aromatic carbocycles. The van der Waals surface area contributed by atoms with Crippen LogP contribution in [0.3, 0.4) is 0 Å². The molecule has 0 amide bonds. The second-order valence-electron chi connectivity index (χ2n) is 3.17. The third-order valence-electron chi connectivity index (χ3n) is 2.08. The van der Waals surface area contributed by atoms with E-state index in [9.17, 15) is 0 Å². The minimum absolute atomic E-state index is 0.232. The molecule has 3 nitrogen and oxygen atoms in total. The van der Waals surface area contributed by atoms with Crippen molar-refractivity contribution in [2.24, 2.45) is 5.84 Å². The molecule has 0 fully saturated rings. The maximum Gasteiger partial charge on any atom is 0.0300 e. The monoisotopic (exact) mass is 189 g/mol. The summed E-state index contributed by atoms with van der Waals surface area (Å²) in [5, 5.41) is 0. The van der Waals surface area contributed by atoms with Crippen LogP contribution in [0.25, 0.3) is 0 Å². The SMILES string of the molecule is C#CCCC(Cc1cccnc1)NN. The first kappa shape index (κ1) is 10.7. The second-order valence-corrected chi connectivity index (χ2v) is 3.17. The van der Waals surface area contributed by atoms with Gasteiger partial charge in [-0.25, -0.2) is 0 Å². The van der Waals surface area contributed by atoms with Crippen molar-refractivity contribution in [3.63, 3.8) is 0 Å². The lowest BCUT2D eigenvalue weighted by molar-refractivity contribution is 0.497. The van der Waals surface area contributed by atoms with Crippen molar-refractivity contribution in [2.75, 3.05) is 0 Å². The molecule has 14 heavy (non-hydrogen) atoms. The van der Waals surface area contributed by atoms with Crippen molar-refractivity contribution < 1.29 is 0 Å². The molecule has 3 N–H and O–H groups in total. The lowest BCUT2D eigenvalue weighted by Gasteiger charge is -2.13. The lowest BCUT2D eigenvalue weighted by atomic mass is 10.0. The number of hydrogen-bond acceptors (Lipinski definition) is 3. The van der Waals surface area contributed by atoms with Crippen LogP contribution in [0.15, 0.2) is 24.5 Å². The van der Waals surface area contributed by atoms with Crippen molar-refractivity contribution in [2.45, 2.75) is 25.3 Å². The highest BCUT2D eigenvalue weighted by Gasteiger charge is 2.06. The highest BCUT2D eigenvalue weighted by molar-refractivity contribution is 5.10. The second kappa shape index (κ2) is 6.14. The number of nitrogens with two attached hydrogens (primary N) is 1. The van der Waals surface area contributed by atoms with E-state index in [0.717, 1.165) is 19.3 Å². The van der Waals surface area contributed by atoms with Crippen LogP contribution in [0.4, 0.5) is 0 Å². The van der Waals surface area contributed by atoms with Gasteiger partial charge in [0.05, 0.1) is 0 Å². The highest BCUT2D eigenvalue weighted by atomic mass is 15.2. The van der Waals surface area contributed by atoms with Gasteiger partial charge >= 0.3 is 0 Å². The van der Waals surface area contributed by atoms with E-state index in [4.69, 9.17) is 12.3 Å². The molecule has 1 heterocycles. The van der Waals surface area contributed by atoms with Crippen molar-refractivity contribution in [1.82, 2.24) is 10.4 Å². The van der Waals surface area contributed by atoms with Gasteiger partial charge in [0.15, 0.2) is 0 Å². The Balaban J connectivity index is 2.45. The molecule has 74 valence electrons. The third-order valence-corrected chi connectivity index (χ3v) is 2.08. The largest absolute Gasteiger partial charge is 0.271 e. The number of nitrogens with one attached hydrogen (secondary N) is 1. The van der Waals surface area contributed by atoms with Gasteiger partial charge in [0, 0.05) is 24.9 Å². The van der Waals surface area contributed by atoms with Crippen LogP contribution in [0, 0.1) is 12.3 Å². The fraction of sp³-hybridized carbons (Fsp3) is 0.364. The van der Waals surface area contributed by atoms with E-state index in [-0.39, 0.29) is 6.04 Å².